The summed E-state index contributed by atoms with van der Waals surface area (Å²) in [5.74, 6) is 1.34. The Hall–Kier alpha value is -0.890. The summed E-state index contributed by atoms with van der Waals surface area (Å²) in [7, 11) is 0. The van der Waals surface area contributed by atoms with Crippen LogP contribution in [0.1, 0.15) is 36.3 Å². The summed E-state index contributed by atoms with van der Waals surface area (Å²) in [6.45, 7) is 2.92. The predicted octanol–water partition coefficient (Wildman–Crippen LogP) is 2.23. The summed E-state index contributed by atoms with van der Waals surface area (Å²) in [6.07, 6.45) is 7.81. The lowest BCUT2D eigenvalue weighted by atomic mass is 9.89. The molecule has 2 heteroatoms. The van der Waals surface area contributed by atoms with Crippen LogP contribution >= 0.6 is 0 Å². The molecule has 1 aromatic heterocycles. The molecule has 1 heterocycles. The molecule has 0 aliphatic heterocycles. The summed E-state index contributed by atoms with van der Waals surface area (Å²) in [5, 5.41) is 0. The van der Waals surface area contributed by atoms with E-state index in [-0.39, 0.29) is 0 Å². The average molecular weight is 190 g/mol. The number of pyridine rings is 1. The van der Waals surface area contributed by atoms with E-state index in [2.05, 4.69) is 18.0 Å². The van der Waals surface area contributed by atoms with Crippen LogP contribution in [0.15, 0.2) is 18.5 Å². The van der Waals surface area contributed by atoms with Crippen LogP contribution in [0.3, 0.4) is 0 Å². The second-order valence-electron chi connectivity index (χ2n) is 4.33. The molecule has 1 aromatic rings. The first-order chi connectivity index (χ1) is 6.81. The molecule has 2 rings (SSSR count). The van der Waals surface area contributed by atoms with Crippen molar-refractivity contribution in [1.82, 2.24) is 4.98 Å². The van der Waals surface area contributed by atoms with Gasteiger partial charge in [-0.2, -0.15) is 0 Å². The molecule has 1 saturated carbocycles. The van der Waals surface area contributed by atoms with Crippen molar-refractivity contribution in [3.8, 4) is 0 Å². The summed E-state index contributed by atoms with van der Waals surface area (Å²) >= 11 is 0. The Morgan fingerprint density at radius 3 is 3.00 bits per heavy atom. The number of rotatable bonds is 2. The largest absolute Gasteiger partial charge is 0.330 e. The fourth-order valence-corrected chi connectivity index (χ4v) is 2.54. The van der Waals surface area contributed by atoms with Crippen molar-refractivity contribution in [2.75, 3.05) is 6.54 Å². The topological polar surface area (TPSA) is 38.9 Å². The quantitative estimate of drug-likeness (QED) is 0.776. The van der Waals surface area contributed by atoms with Crippen molar-refractivity contribution in [3.05, 3.63) is 29.6 Å². The monoisotopic (exact) mass is 190 g/mol. The third kappa shape index (κ3) is 1.80. The highest BCUT2D eigenvalue weighted by Gasteiger charge is 2.27. The maximum Gasteiger partial charge on any atom is 0.0303 e. The van der Waals surface area contributed by atoms with Crippen LogP contribution in [-0.4, -0.2) is 11.5 Å². The number of aryl methyl sites for hydroxylation is 1. The van der Waals surface area contributed by atoms with E-state index >= 15 is 0 Å². The van der Waals surface area contributed by atoms with Crippen molar-refractivity contribution in [3.63, 3.8) is 0 Å². The van der Waals surface area contributed by atoms with Crippen molar-refractivity contribution < 1.29 is 0 Å². The summed E-state index contributed by atoms with van der Waals surface area (Å²) in [4.78, 5) is 4.26. The second-order valence-corrected chi connectivity index (χ2v) is 4.33. The lowest BCUT2D eigenvalue weighted by molar-refractivity contribution is 0.495. The van der Waals surface area contributed by atoms with Gasteiger partial charge in [0.05, 0.1) is 0 Å². The molecule has 2 unspecified atom stereocenters. The molecule has 2 nitrogen and oxygen atoms in total. The van der Waals surface area contributed by atoms with Gasteiger partial charge >= 0.3 is 0 Å². The molecule has 14 heavy (non-hydrogen) atoms. The fourth-order valence-electron chi connectivity index (χ4n) is 2.54. The first kappa shape index (κ1) is 9.66. The smallest absolute Gasteiger partial charge is 0.0303 e. The Morgan fingerprint density at radius 1 is 1.43 bits per heavy atom. The lowest BCUT2D eigenvalue weighted by Crippen LogP contribution is -2.17. The molecular formula is C12H18N2. The Labute approximate surface area is 85.5 Å². The SMILES string of the molecule is Cc1cncc(C2CCCC2CN)c1. The molecule has 1 fully saturated rings. The fraction of sp³-hybridized carbons (Fsp3) is 0.583. The number of nitrogens with two attached hydrogens (primary N) is 1. The van der Waals surface area contributed by atoms with Crippen molar-refractivity contribution in [2.24, 2.45) is 11.7 Å². The molecule has 76 valence electrons. The van der Waals surface area contributed by atoms with Crippen molar-refractivity contribution in [1.29, 1.82) is 0 Å². The number of aromatic nitrogens is 1. The van der Waals surface area contributed by atoms with Crippen LogP contribution in [0.4, 0.5) is 0 Å². The zero-order valence-electron chi connectivity index (χ0n) is 8.74. The van der Waals surface area contributed by atoms with Gasteiger partial charge in [0.25, 0.3) is 0 Å². The van der Waals surface area contributed by atoms with Crippen molar-refractivity contribution >= 4 is 0 Å². The highest BCUT2D eigenvalue weighted by atomic mass is 14.6. The summed E-state index contributed by atoms with van der Waals surface area (Å²) in [6, 6.07) is 2.26. The highest BCUT2D eigenvalue weighted by Crippen LogP contribution is 2.38. The molecule has 0 bridgehead atoms. The van der Waals surface area contributed by atoms with Crippen LogP contribution in [-0.2, 0) is 0 Å². The summed E-state index contributed by atoms with van der Waals surface area (Å²) in [5.41, 5.74) is 8.42. The molecule has 0 aromatic carbocycles. The van der Waals surface area contributed by atoms with E-state index in [1.54, 1.807) is 0 Å². The van der Waals surface area contributed by atoms with Crippen LogP contribution in [0, 0.1) is 12.8 Å². The first-order valence-corrected chi connectivity index (χ1v) is 5.43. The minimum atomic E-state index is 0.660. The van der Waals surface area contributed by atoms with Crippen LogP contribution in [0.25, 0.3) is 0 Å². The Morgan fingerprint density at radius 2 is 2.29 bits per heavy atom. The van der Waals surface area contributed by atoms with Crippen LogP contribution in [0.5, 0.6) is 0 Å². The molecule has 2 atom stereocenters. The maximum atomic E-state index is 5.78. The van der Waals surface area contributed by atoms with E-state index in [9.17, 15) is 0 Å². The highest BCUT2D eigenvalue weighted by molar-refractivity contribution is 5.22. The lowest BCUT2D eigenvalue weighted by Gasteiger charge is -2.17. The predicted molar refractivity (Wildman–Crippen MR) is 58.1 cm³/mol. The van der Waals surface area contributed by atoms with Gasteiger partial charge in [-0.3, -0.25) is 4.98 Å². The van der Waals surface area contributed by atoms with Gasteiger partial charge in [-0.1, -0.05) is 12.5 Å². The summed E-state index contributed by atoms with van der Waals surface area (Å²) < 4.78 is 0. The molecule has 0 amide bonds. The minimum absolute atomic E-state index is 0.660. The molecule has 2 N–H and O–H groups in total. The van der Waals surface area contributed by atoms with E-state index in [1.807, 2.05) is 12.4 Å². The number of nitrogens with zero attached hydrogens (tertiary/aromatic N) is 1. The van der Waals surface area contributed by atoms with Gasteiger partial charge in [0.15, 0.2) is 0 Å². The van der Waals surface area contributed by atoms with E-state index in [0.717, 1.165) is 6.54 Å². The van der Waals surface area contributed by atoms with E-state index in [0.29, 0.717) is 11.8 Å². The molecule has 0 spiro atoms. The molecule has 0 radical (unpaired) electrons. The van der Waals surface area contributed by atoms with E-state index in [1.165, 1.54) is 30.4 Å². The molecular weight excluding hydrogens is 172 g/mol. The minimum Gasteiger partial charge on any atom is -0.330 e. The van der Waals surface area contributed by atoms with Crippen LogP contribution < -0.4 is 5.73 Å². The normalized spacial score (nSPS) is 26.7. The zero-order valence-corrected chi connectivity index (χ0v) is 8.74. The van der Waals surface area contributed by atoms with Gasteiger partial charge in [0.1, 0.15) is 0 Å². The Balaban J connectivity index is 2.21. The number of hydrogen-bond acceptors (Lipinski definition) is 2. The van der Waals surface area contributed by atoms with Gasteiger partial charge in [-0.15, -0.1) is 0 Å². The van der Waals surface area contributed by atoms with Gasteiger partial charge in [-0.25, -0.2) is 0 Å². The van der Waals surface area contributed by atoms with Crippen LogP contribution in [0.2, 0.25) is 0 Å². The average Bonchev–Trinajstić information content (AvgIpc) is 2.65. The standard InChI is InChI=1S/C12H18N2/c1-9-5-11(8-14-7-9)12-4-2-3-10(12)6-13/h5,7-8,10,12H,2-4,6,13H2,1H3. The maximum absolute atomic E-state index is 5.78. The van der Waals surface area contributed by atoms with Gasteiger partial charge in [0, 0.05) is 12.4 Å². The Kier molecular flexibility index (Phi) is 2.82. The first-order valence-electron chi connectivity index (χ1n) is 5.43. The van der Waals surface area contributed by atoms with E-state index < -0.39 is 0 Å². The molecule has 0 saturated heterocycles. The zero-order chi connectivity index (χ0) is 9.97. The van der Waals surface area contributed by atoms with Gasteiger partial charge < -0.3 is 5.73 Å². The second kappa shape index (κ2) is 4.09. The Bertz CT molecular complexity index is 309. The molecule has 1 aliphatic carbocycles. The third-order valence-electron chi connectivity index (χ3n) is 3.29. The number of hydrogen-bond donors (Lipinski definition) is 1. The van der Waals surface area contributed by atoms with Gasteiger partial charge in [-0.05, 0) is 49.3 Å². The van der Waals surface area contributed by atoms with E-state index in [4.69, 9.17) is 5.73 Å². The van der Waals surface area contributed by atoms with Crippen molar-refractivity contribution in [2.45, 2.75) is 32.1 Å². The van der Waals surface area contributed by atoms with Gasteiger partial charge in [0.2, 0.25) is 0 Å². The molecule has 1 aliphatic rings. The third-order valence-corrected chi connectivity index (χ3v) is 3.29.